The van der Waals surface area contributed by atoms with Crippen molar-refractivity contribution in [3.63, 3.8) is 0 Å². The SMILES string of the molecule is CC(C)(C)c1cc([N+](=O)[O-])cc(C#N)c1N. The quantitative estimate of drug-likeness (QED) is 0.445. The molecule has 0 spiro atoms. The van der Waals surface area contributed by atoms with E-state index in [4.69, 9.17) is 11.0 Å². The molecular weight excluding hydrogens is 206 g/mol. The van der Waals surface area contributed by atoms with Gasteiger partial charge in [-0.3, -0.25) is 10.1 Å². The Bertz CT molecular complexity index is 481. The third-order valence-electron chi connectivity index (χ3n) is 2.30. The molecule has 5 heteroatoms. The lowest BCUT2D eigenvalue weighted by atomic mass is 9.84. The van der Waals surface area contributed by atoms with Crippen LogP contribution >= 0.6 is 0 Å². The normalized spacial score (nSPS) is 10.9. The van der Waals surface area contributed by atoms with Crippen molar-refractivity contribution in [2.75, 3.05) is 5.73 Å². The molecule has 1 rings (SSSR count). The second kappa shape index (κ2) is 3.81. The topological polar surface area (TPSA) is 93.0 Å². The average Bonchev–Trinajstić information content (AvgIpc) is 2.15. The summed E-state index contributed by atoms with van der Waals surface area (Å²) < 4.78 is 0. The van der Waals surface area contributed by atoms with E-state index in [0.29, 0.717) is 11.3 Å². The Labute approximate surface area is 93.6 Å². The molecule has 16 heavy (non-hydrogen) atoms. The van der Waals surface area contributed by atoms with E-state index in [1.807, 2.05) is 26.8 Å². The molecule has 1 aromatic rings. The van der Waals surface area contributed by atoms with Crippen molar-refractivity contribution in [3.05, 3.63) is 33.4 Å². The predicted molar refractivity (Wildman–Crippen MR) is 60.9 cm³/mol. The summed E-state index contributed by atoms with van der Waals surface area (Å²) in [6, 6.07) is 4.50. The minimum Gasteiger partial charge on any atom is -0.397 e. The van der Waals surface area contributed by atoms with Crippen LogP contribution in [0.15, 0.2) is 12.1 Å². The molecule has 0 saturated heterocycles. The Morgan fingerprint density at radius 3 is 2.38 bits per heavy atom. The number of benzene rings is 1. The van der Waals surface area contributed by atoms with Crippen LogP contribution < -0.4 is 5.73 Å². The first-order chi connectivity index (χ1) is 7.27. The molecule has 0 aromatic heterocycles. The predicted octanol–water partition coefficient (Wildman–Crippen LogP) is 2.35. The molecule has 0 unspecified atom stereocenters. The number of nitrogen functional groups attached to an aromatic ring is 1. The van der Waals surface area contributed by atoms with Crippen molar-refractivity contribution in [2.24, 2.45) is 0 Å². The summed E-state index contributed by atoms with van der Waals surface area (Å²) in [6.07, 6.45) is 0. The van der Waals surface area contributed by atoms with Crippen LogP contribution in [0.2, 0.25) is 0 Å². The van der Waals surface area contributed by atoms with Gasteiger partial charge >= 0.3 is 0 Å². The van der Waals surface area contributed by atoms with Gasteiger partial charge in [0.2, 0.25) is 0 Å². The van der Waals surface area contributed by atoms with E-state index in [0.717, 1.165) is 0 Å². The summed E-state index contributed by atoms with van der Waals surface area (Å²) in [5.74, 6) is 0. The molecule has 84 valence electrons. The molecule has 2 N–H and O–H groups in total. The van der Waals surface area contributed by atoms with Crippen LogP contribution in [0.1, 0.15) is 31.9 Å². The van der Waals surface area contributed by atoms with Crippen molar-refractivity contribution in [1.29, 1.82) is 5.26 Å². The fourth-order valence-corrected chi connectivity index (χ4v) is 1.46. The molecule has 0 atom stereocenters. The van der Waals surface area contributed by atoms with Crippen molar-refractivity contribution >= 4 is 11.4 Å². The van der Waals surface area contributed by atoms with Crippen LogP contribution in [-0.4, -0.2) is 4.92 Å². The standard InChI is InChI=1S/C11H13N3O2/c1-11(2,3)9-5-8(14(15)16)4-7(6-12)10(9)13/h4-5H,13H2,1-3H3. The molecular formula is C11H13N3O2. The monoisotopic (exact) mass is 219 g/mol. The van der Waals surface area contributed by atoms with Crippen molar-refractivity contribution in [3.8, 4) is 6.07 Å². The second-order valence-corrected chi connectivity index (χ2v) is 4.57. The number of nitro groups is 1. The van der Waals surface area contributed by atoms with Crippen LogP contribution in [-0.2, 0) is 5.41 Å². The van der Waals surface area contributed by atoms with Crippen LogP contribution in [0.3, 0.4) is 0 Å². The van der Waals surface area contributed by atoms with E-state index in [2.05, 4.69) is 0 Å². The second-order valence-electron chi connectivity index (χ2n) is 4.57. The molecule has 0 bridgehead atoms. The summed E-state index contributed by atoms with van der Waals surface area (Å²) >= 11 is 0. The number of nitrogens with zero attached hydrogens (tertiary/aromatic N) is 2. The molecule has 0 amide bonds. The minimum absolute atomic E-state index is 0.101. The van der Waals surface area contributed by atoms with Crippen LogP contribution in [0.25, 0.3) is 0 Å². The number of hydrogen-bond donors (Lipinski definition) is 1. The van der Waals surface area contributed by atoms with Gasteiger partial charge in [0.1, 0.15) is 6.07 Å². The van der Waals surface area contributed by atoms with Gasteiger partial charge in [0.15, 0.2) is 0 Å². The maximum atomic E-state index is 10.7. The Morgan fingerprint density at radius 1 is 1.44 bits per heavy atom. The van der Waals surface area contributed by atoms with E-state index in [9.17, 15) is 10.1 Å². The number of anilines is 1. The molecule has 0 heterocycles. The zero-order valence-electron chi connectivity index (χ0n) is 9.44. The van der Waals surface area contributed by atoms with Gasteiger partial charge in [0.25, 0.3) is 5.69 Å². The van der Waals surface area contributed by atoms with Crippen LogP contribution in [0.4, 0.5) is 11.4 Å². The first kappa shape index (κ1) is 12.0. The molecule has 5 nitrogen and oxygen atoms in total. The zero-order chi connectivity index (χ0) is 12.5. The molecule has 0 fully saturated rings. The number of nitrogens with two attached hydrogens (primary N) is 1. The zero-order valence-corrected chi connectivity index (χ0v) is 9.44. The average molecular weight is 219 g/mol. The highest BCUT2D eigenvalue weighted by molar-refractivity contribution is 5.65. The smallest absolute Gasteiger partial charge is 0.271 e. The van der Waals surface area contributed by atoms with Gasteiger partial charge in [-0.15, -0.1) is 0 Å². The third-order valence-corrected chi connectivity index (χ3v) is 2.30. The van der Waals surface area contributed by atoms with Gasteiger partial charge < -0.3 is 5.73 Å². The maximum absolute atomic E-state index is 10.7. The Balaban J connectivity index is 3.56. The molecule has 0 aliphatic heterocycles. The van der Waals surface area contributed by atoms with Crippen molar-refractivity contribution in [2.45, 2.75) is 26.2 Å². The van der Waals surface area contributed by atoms with E-state index in [-0.39, 0.29) is 16.7 Å². The maximum Gasteiger partial charge on any atom is 0.271 e. The highest BCUT2D eigenvalue weighted by Gasteiger charge is 2.23. The largest absolute Gasteiger partial charge is 0.397 e. The van der Waals surface area contributed by atoms with Gasteiger partial charge in [-0.05, 0) is 11.0 Å². The highest BCUT2D eigenvalue weighted by atomic mass is 16.6. The van der Waals surface area contributed by atoms with Gasteiger partial charge in [0.05, 0.1) is 16.2 Å². The van der Waals surface area contributed by atoms with Gasteiger partial charge in [0, 0.05) is 12.1 Å². The van der Waals surface area contributed by atoms with Crippen LogP contribution in [0, 0.1) is 21.4 Å². The van der Waals surface area contributed by atoms with E-state index >= 15 is 0 Å². The minimum atomic E-state index is -0.518. The number of non-ortho nitro benzene ring substituents is 1. The van der Waals surface area contributed by atoms with Crippen molar-refractivity contribution in [1.82, 2.24) is 0 Å². The fraction of sp³-hybridized carbons (Fsp3) is 0.364. The third kappa shape index (κ3) is 2.11. The Kier molecular flexibility index (Phi) is 2.86. The molecule has 0 radical (unpaired) electrons. The number of rotatable bonds is 1. The van der Waals surface area contributed by atoms with Gasteiger partial charge in [-0.1, -0.05) is 20.8 Å². The lowest BCUT2D eigenvalue weighted by Crippen LogP contribution is -2.15. The highest BCUT2D eigenvalue weighted by Crippen LogP contribution is 2.33. The molecule has 0 saturated carbocycles. The summed E-state index contributed by atoms with van der Waals surface area (Å²) in [4.78, 5) is 10.2. The first-order valence-electron chi connectivity index (χ1n) is 4.76. The Hall–Kier alpha value is -2.09. The van der Waals surface area contributed by atoms with E-state index < -0.39 is 4.92 Å². The first-order valence-corrected chi connectivity index (χ1v) is 4.76. The number of nitro benzene ring substituents is 1. The molecule has 0 aliphatic rings. The number of hydrogen-bond acceptors (Lipinski definition) is 4. The summed E-state index contributed by atoms with van der Waals surface area (Å²) in [6.45, 7) is 5.68. The number of nitriles is 1. The molecule has 1 aromatic carbocycles. The summed E-state index contributed by atoms with van der Waals surface area (Å²) in [7, 11) is 0. The van der Waals surface area contributed by atoms with Gasteiger partial charge in [-0.2, -0.15) is 5.26 Å². The van der Waals surface area contributed by atoms with Gasteiger partial charge in [-0.25, -0.2) is 0 Å². The Morgan fingerprint density at radius 2 is 2.00 bits per heavy atom. The summed E-state index contributed by atoms with van der Waals surface area (Å²) in [5.41, 5.74) is 6.47. The van der Waals surface area contributed by atoms with Crippen molar-refractivity contribution < 1.29 is 4.92 Å². The lowest BCUT2D eigenvalue weighted by molar-refractivity contribution is -0.385. The summed E-state index contributed by atoms with van der Waals surface area (Å²) in [5, 5.41) is 19.6. The molecule has 0 aliphatic carbocycles. The lowest BCUT2D eigenvalue weighted by Gasteiger charge is -2.21. The van der Waals surface area contributed by atoms with Crippen LogP contribution in [0.5, 0.6) is 0 Å². The fourth-order valence-electron chi connectivity index (χ4n) is 1.46. The van der Waals surface area contributed by atoms with E-state index in [1.54, 1.807) is 0 Å². The van der Waals surface area contributed by atoms with E-state index in [1.165, 1.54) is 12.1 Å².